The first kappa shape index (κ1) is 25.2. The maximum absolute atomic E-state index is 13.7. The fourth-order valence-corrected chi connectivity index (χ4v) is 5.65. The number of hydrogen-bond donors (Lipinski definition) is 2. The van der Waals surface area contributed by atoms with Gasteiger partial charge >= 0.3 is 5.97 Å². The third kappa shape index (κ3) is 6.21. The molecular weight excluding hydrogens is 436 g/mol. The first-order valence-electron chi connectivity index (χ1n) is 13.1. The van der Waals surface area contributed by atoms with E-state index < -0.39 is 5.41 Å². The predicted octanol–water partition coefficient (Wildman–Crippen LogP) is 5.63. The Hall–Kier alpha value is -2.92. The van der Waals surface area contributed by atoms with E-state index in [1.54, 1.807) is 0 Å². The Morgan fingerprint density at radius 3 is 2.29 bits per heavy atom. The molecule has 4 rings (SSSR count). The summed E-state index contributed by atoms with van der Waals surface area (Å²) in [5.74, 6) is 0.457. The lowest BCUT2D eigenvalue weighted by atomic mass is 9.68. The lowest BCUT2D eigenvalue weighted by Gasteiger charge is -2.44. The molecule has 0 aliphatic heterocycles. The lowest BCUT2D eigenvalue weighted by molar-refractivity contribution is -0.169. The Kier molecular flexibility index (Phi) is 8.75. The first-order chi connectivity index (χ1) is 17.1. The Labute approximate surface area is 209 Å². The van der Waals surface area contributed by atoms with Crippen molar-refractivity contribution >= 4 is 17.6 Å². The Morgan fingerprint density at radius 2 is 1.63 bits per heavy atom. The van der Waals surface area contributed by atoms with Gasteiger partial charge in [-0.2, -0.15) is 0 Å². The van der Waals surface area contributed by atoms with Crippen LogP contribution in [-0.4, -0.2) is 31.1 Å². The van der Waals surface area contributed by atoms with Crippen LogP contribution in [-0.2, 0) is 19.7 Å². The van der Waals surface area contributed by atoms with Gasteiger partial charge < -0.3 is 15.4 Å². The van der Waals surface area contributed by atoms with Crippen LogP contribution < -0.4 is 10.6 Å². The Balaban J connectivity index is 1.32. The van der Waals surface area contributed by atoms with Crippen molar-refractivity contribution in [2.24, 2.45) is 11.8 Å². The molecule has 2 aliphatic carbocycles. The quantitative estimate of drug-likeness (QED) is 0.203. The Morgan fingerprint density at radius 1 is 0.971 bits per heavy atom. The summed E-state index contributed by atoms with van der Waals surface area (Å²) in [6.45, 7) is 4.93. The number of esters is 1. The van der Waals surface area contributed by atoms with Crippen LogP contribution in [0.15, 0.2) is 73.3 Å². The molecule has 2 saturated carbocycles. The molecule has 2 aromatic carbocycles. The van der Waals surface area contributed by atoms with Crippen LogP contribution in [0.4, 0.5) is 5.69 Å². The number of hydrogen-bond acceptors (Lipinski definition) is 4. The van der Waals surface area contributed by atoms with Crippen LogP contribution in [0.25, 0.3) is 0 Å². The first-order valence-corrected chi connectivity index (χ1v) is 13.1. The molecule has 2 aromatic rings. The fraction of sp³-hybridized carbons (Fsp3) is 0.467. The third-order valence-electron chi connectivity index (χ3n) is 7.76. The highest BCUT2D eigenvalue weighted by molar-refractivity contribution is 5.92. The Bertz CT molecular complexity index is 968. The van der Waals surface area contributed by atoms with Gasteiger partial charge in [-0.25, -0.2) is 0 Å². The van der Waals surface area contributed by atoms with Gasteiger partial charge in [0.15, 0.2) is 0 Å². The van der Waals surface area contributed by atoms with Gasteiger partial charge in [-0.3, -0.25) is 9.59 Å². The van der Waals surface area contributed by atoms with Gasteiger partial charge in [0.05, 0.1) is 12.0 Å². The van der Waals surface area contributed by atoms with Gasteiger partial charge in [0.25, 0.3) is 0 Å². The van der Waals surface area contributed by atoms with E-state index in [9.17, 15) is 9.59 Å². The number of allylic oxidation sites excluding steroid dienone is 1. The van der Waals surface area contributed by atoms with Crippen LogP contribution in [0, 0.1) is 11.8 Å². The molecule has 186 valence electrons. The summed E-state index contributed by atoms with van der Waals surface area (Å²) in [5.41, 5.74) is 1.35. The van der Waals surface area contributed by atoms with E-state index >= 15 is 0 Å². The molecule has 1 amide bonds. The van der Waals surface area contributed by atoms with Crippen LogP contribution in [0.5, 0.6) is 0 Å². The molecule has 0 saturated heterocycles. The normalized spacial score (nSPS) is 23.4. The van der Waals surface area contributed by atoms with Gasteiger partial charge in [0.1, 0.15) is 6.10 Å². The van der Waals surface area contributed by atoms with Crippen LogP contribution in [0.2, 0.25) is 0 Å². The minimum absolute atomic E-state index is 0.0571. The van der Waals surface area contributed by atoms with Gasteiger partial charge in [0.2, 0.25) is 5.91 Å². The van der Waals surface area contributed by atoms with Crippen molar-refractivity contribution in [1.29, 1.82) is 0 Å². The minimum Gasteiger partial charge on any atom is -0.461 e. The van der Waals surface area contributed by atoms with Crippen molar-refractivity contribution in [2.45, 2.75) is 62.9 Å². The van der Waals surface area contributed by atoms with Gasteiger partial charge in [-0.1, -0.05) is 80.3 Å². The van der Waals surface area contributed by atoms with Crippen LogP contribution in [0.3, 0.4) is 0 Å². The number of nitrogens with one attached hydrogen (secondary N) is 2. The van der Waals surface area contributed by atoms with Gasteiger partial charge in [-0.05, 0) is 55.8 Å². The zero-order valence-electron chi connectivity index (χ0n) is 20.6. The standard InChI is InChI=1S/C30H38N2O3/c1-2-23-21-27(26(23)17-20-31-22-28(33)32-25-15-9-6-10-16-25)35-29(34)30(18-11-3-4-12-19-30)24-13-7-5-8-14-24/h2,5-10,13-16,23,26-27,31H,1,3-4,11-12,17-22H2,(H,32,33)/t23?,26?,27-/m0/s1. The molecule has 3 atom stereocenters. The highest BCUT2D eigenvalue weighted by Crippen LogP contribution is 2.44. The summed E-state index contributed by atoms with van der Waals surface area (Å²) < 4.78 is 6.25. The second kappa shape index (κ2) is 12.2. The largest absolute Gasteiger partial charge is 0.461 e. The van der Waals surface area contributed by atoms with E-state index in [0.717, 1.165) is 49.8 Å². The second-order valence-electron chi connectivity index (χ2n) is 9.98. The average molecular weight is 475 g/mol. The van der Waals surface area contributed by atoms with E-state index in [4.69, 9.17) is 4.74 Å². The molecule has 0 aromatic heterocycles. The van der Waals surface area contributed by atoms with Crippen molar-refractivity contribution in [3.8, 4) is 0 Å². The number of anilines is 1. The molecule has 2 fully saturated rings. The molecule has 5 nitrogen and oxygen atoms in total. The summed E-state index contributed by atoms with van der Waals surface area (Å²) in [4.78, 5) is 25.9. The summed E-state index contributed by atoms with van der Waals surface area (Å²) in [6, 6.07) is 19.7. The molecular formula is C30H38N2O3. The monoisotopic (exact) mass is 474 g/mol. The lowest BCUT2D eigenvalue weighted by Crippen LogP contribution is -2.48. The van der Waals surface area contributed by atoms with E-state index in [1.165, 1.54) is 12.8 Å². The summed E-state index contributed by atoms with van der Waals surface area (Å²) >= 11 is 0. The highest BCUT2D eigenvalue weighted by Gasteiger charge is 2.47. The van der Waals surface area contributed by atoms with Gasteiger partial charge in [0, 0.05) is 11.6 Å². The zero-order chi connectivity index (χ0) is 24.5. The zero-order valence-corrected chi connectivity index (χ0v) is 20.6. The maximum atomic E-state index is 13.7. The molecule has 0 bridgehead atoms. The third-order valence-corrected chi connectivity index (χ3v) is 7.76. The smallest absolute Gasteiger partial charge is 0.316 e. The number of para-hydroxylation sites is 1. The molecule has 0 heterocycles. The maximum Gasteiger partial charge on any atom is 0.316 e. The summed E-state index contributed by atoms with van der Waals surface area (Å²) in [6.07, 6.45) is 9.75. The minimum atomic E-state index is -0.532. The molecule has 5 heteroatoms. The second-order valence-corrected chi connectivity index (χ2v) is 9.98. The van der Waals surface area contributed by atoms with Gasteiger partial charge in [-0.15, -0.1) is 6.58 Å². The van der Waals surface area contributed by atoms with Crippen molar-refractivity contribution in [3.05, 3.63) is 78.9 Å². The molecule has 2 aliphatic rings. The predicted molar refractivity (Wildman–Crippen MR) is 140 cm³/mol. The molecule has 35 heavy (non-hydrogen) atoms. The number of carbonyl (C=O) groups excluding carboxylic acids is 2. The van der Waals surface area contributed by atoms with Crippen molar-refractivity contribution in [2.75, 3.05) is 18.4 Å². The number of carbonyl (C=O) groups is 2. The molecule has 0 spiro atoms. The van der Waals surface area contributed by atoms with Crippen molar-refractivity contribution in [1.82, 2.24) is 5.32 Å². The highest BCUT2D eigenvalue weighted by atomic mass is 16.5. The molecule has 0 radical (unpaired) electrons. The topological polar surface area (TPSA) is 67.4 Å². The number of ether oxygens (including phenoxy) is 1. The van der Waals surface area contributed by atoms with Crippen LogP contribution in [0.1, 0.15) is 56.9 Å². The molecule has 2 N–H and O–H groups in total. The summed E-state index contributed by atoms with van der Waals surface area (Å²) in [5, 5.41) is 6.13. The number of rotatable bonds is 10. The summed E-state index contributed by atoms with van der Waals surface area (Å²) in [7, 11) is 0. The van der Waals surface area contributed by atoms with Crippen molar-refractivity contribution in [3.63, 3.8) is 0 Å². The molecule has 2 unspecified atom stereocenters. The SMILES string of the molecule is C=CC1C[C@H](OC(=O)C2(c3ccccc3)CCCCCC2)C1CCNCC(=O)Nc1ccccc1. The van der Waals surface area contributed by atoms with E-state index in [2.05, 4.69) is 29.3 Å². The fourth-order valence-electron chi connectivity index (χ4n) is 5.65. The number of benzene rings is 2. The van der Waals surface area contributed by atoms with Crippen molar-refractivity contribution < 1.29 is 14.3 Å². The van der Waals surface area contributed by atoms with E-state index in [-0.39, 0.29) is 30.4 Å². The average Bonchev–Trinajstić information content (AvgIpc) is 3.14. The number of amides is 1. The van der Waals surface area contributed by atoms with Crippen LogP contribution >= 0.6 is 0 Å². The van der Waals surface area contributed by atoms with E-state index in [1.807, 2.05) is 54.6 Å². The van der Waals surface area contributed by atoms with E-state index in [0.29, 0.717) is 12.5 Å².